The number of benzene rings is 4. The molecule has 7 aliphatic rings. The van der Waals surface area contributed by atoms with Crippen LogP contribution in [0.5, 0.6) is 5.75 Å². The highest BCUT2D eigenvalue weighted by atomic mass is 16.6. The van der Waals surface area contributed by atoms with Gasteiger partial charge in [0.15, 0.2) is 17.5 Å². The third-order valence-corrected chi connectivity index (χ3v) is 21.9. The minimum atomic E-state index is -2.66. The van der Waals surface area contributed by atoms with Crippen LogP contribution in [0.1, 0.15) is 162 Å². The van der Waals surface area contributed by atoms with Crippen molar-refractivity contribution in [2.75, 3.05) is 6.61 Å². The van der Waals surface area contributed by atoms with Crippen LogP contribution in [0.2, 0.25) is 0 Å². The smallest absolute Gasteiger partial charge is 0.350 e. The zero-order valence-electron chi connectivity index (χ0n) is 54.5. The van der Waals surface area contributed by atoms with Gasteiger partial charge in [0.25, 0.3) is 5.91 Å². The minimum Gasteiger partial charge on any atom is -0.508 e. The number of phenols is 1. The molecule has 0 spiro atoms. The number of carbonyl (C=O) groups is 10. The summed E-state index contributed by atoms with van der Waals surface area (Å²) in [6, 6.07) is 26.9. The number of ether oxygens (including phenoxy) is 8. The number of esters is 7. The summed E-state index contributed by atoms with van der Waals surface area (Å²) in [5, 5.41) is 48.6. The molecular formula is C73H81NO22. The maximum absolute atomic E-state index is 16.7. The lowest BCUT2D eigenvalue weighted by atomic mass is 9.44. The number of hydrogen-bond donors (Lipinski definition) is 5. The first-order valence-corrected chi connectivity index (χ1v) is 32.7. The molecule has 4 saturated carbocycles. The number of nitrogens with one attached hydrogen (secondary N) is 1. The Morgan fingerprint density at radius 2 is 1.35 bits per heavy atom. The predicted octanol–water partition coefficient (Wildman–Crippen LogP) is 7.63. The fourth-order valence-corrected chi connectivity index (χ4v) is 17.2. The van der Waals surface area contributed by atoms with Gasteiger partial charge < -0.3 is 63.6 Å². The molecule has 11 rings (SSSR count). The molecule has 510 valence electrons. The molecule has 0 aromatic heterocycles. The van der Waals surface area contributed by atoms with Gasteiger partial charge in [-0.2, -0.15) is 0 Å². The van der Waals surface area contributed by atoms with Crippen molar-refractivity contribution in [2.45, 2.75) is 191 Å². The lowest BCUT2D eigenvalue weighted by Crippen LogP contribution is -2.82. The van der Waals surface area contributed by atoms with Gasteiger partial charge >= 0.3 is 47.8 Å². The Morgan fingerprint density at radius 1 is 0.719 bits per heavy atom. The van der Waals surface area contributed by atoms with Crippen molar-refractivity contribution < 1.29 is 106 Å². The molecule has 1 heterocycles. The van der Waals surface area contributed by atoms with E-state index in [9.17, 15) is 54.0 Å². The van der Waals surface area contributed by atoms with Gasteiger partial charge in [-0.1, -0.05) is 93.6 Å². The van der Waals surface area contributed by atoms with E-state index in [-0.39, 0.29) is 57.8 Å². The van der Waals surface area contributed by atoms with E-state index < -0.39 is 186 Å². The van der Waals surface area contributed by atoms with Crippen LogP contribution in [0.4, 0.5) is 0 Å². The summed E-state index contributed by atoms with van der Waals surface area (Å²) in [6.07, 6.45) is -12.9. The number of aliphatic hydroxyl groups excluding tert-OH is 1. The molecule has 5 fully saturated rings. The first-order valence-electron chi connectivity index (χ1n) is 32.7. The minimum absolute atomic E-state index is 0.00173. The van der Waals surface area contributed by atoms with Gasteiger partial charge in [0.05, 0.1) is 55.3 Å². The van der Waals surface area contributed by atoms with Crippen LogP contribution < -0.4 is 5.32 Å². The molecule has 1 aliphatic heterocycles. The molecule has 1 saturated heterocycles. The summed E-state index contributed by atoms with van der Waals surface area (Å²) in [5.41, 5.74) is -7.49. The van der Waals surface area contributed by atoms with E-state index in [2.05, 4.69) is 5.32 Å². The number of hydrogen-bond acceptors (Lipinski definition) is 21. The molecule has 23 nitrogen and oxygen atoms in total. The number of fused-ring (bicyclic) bond motifs is 10. The molecule has 4 aromatic carbocycles. The van der Waals surface area contributed by atoms with E-state index in [1.54, 1.807) is 66.7 Å². The Hall–Kier alpha value is -8.80. The fourth-order valence-electron chi connectivity index (χ4n) is 17.2. The van der Waals surface area contributed by atoms with E-state index in [0.717, 1.165) is 37.8 Å². The van der Waals surface area contributed by atoms with E-state index >= 15 is 14.4 Å². The summed E-state index contributed by atoms with van der Waals surface area (Å²) >= 11 is 0. The third-order valence-electron chi connectivity index (χ3n) is 21.9. The number of phenolic OH excluding ortho intramolecular Hbond substituents is 1. The summed E-state index contributed by atoms with van der Waals surface area (Å²) in [5.74, 6) is -12.2. The van der Waals surface area contributed by atoms with Crippen molar-refractivity contribution >= 4 is 59.4 Å². The zero-order valence-corrected chi connectivity index (χ0v) is 54.5. The maximum atomic E-state index is 16.7. The lowest BCUT2D eigenvalue weighted by Gasteiger charge is -2.67. The van der Waals surface area contributed by atoms with Crippen LogP contribution in [-0.4, -0.2) is 147 Å². The summed E-state index contributed by atoms with van der Waals surface area (Å²) in [7, 11) is 0. The van der Waals surface area contributed by atoms with Crippen LogP contribution in [0.15, 0.2) is 120 Å². The van der Waals surface area contributed by atoms with E-state index in [0.29, 0.717) is 19.3 Å². The van der Waals surface area contributed by atoms with Crippen molar-refractivity contribution in [1.82, 2.24) is 5.32 Å². The highest BCUT2D eigenvalue weighted by Crippen LogP contribution is 2.66. The molecule has 2 bridgehead atoms. The number of ketones is 1. The molecule has 0 radical (unpaired) electrons. The topological polar surface area (TPSA) is 337 Å². The Bertz CT molecular complexity index is 3760. The fraction of sp³-hybridized carbons (Fsp3) is 0.507. The number of amides is 1. The Balaban J connectivity index is 0.985. The molecular weight excluding hydrogens is 1240 g/mol. The molecule has 17 atom stereocenters. The Labute approximate surface area is 554 Å². The number of aromatic hydroxyl groups is 1. The third kappa shape index (κ3) is 12.5. The number of aliphatic carboxylic acids is 1. The number of carboxylic acid groups (broad SMARTS) is 1. The van der Waals surface area contributed by atoms with Crippen LogP contribution in [0.25, 0.3) is 0 Å². The van der Waals surface area contributed by atoms with Gasteiger partial charge in [-0.05, 0) is 122 Å². The largest absolute Gasteiger partial charge is 0.508 e. The van der Waals surface area contributed by atoms with Gasteiger partial charge in [0.2, 0.25) is 6.10 Å². The van der Waals surface area contributed by atoms with Crippen LogP contribution >= 0.6 is 0 Å². The van der Waals surface area contributed by atoms with E-state index in [1.807, 2.05) is 13.0 Å². The average molecular weight is 1320 g/mol. The second kappa shape index (κ2) is 26.7. The number of aryl methyl sites for hydroxylation is 1. The molecule has 96 heavy (non-hydrogen) atoms. The molecule has 6 aliphatic carbocycles. The number of carbonyl (C=O) groups excluding carboxylic acids is 9. The van der Waals surface area contributed by atoms with Gasteiger partial charge in [-0.25, -0.2) is 9.59 Å². The molecule has 4 aromatic rings. The highest BCUT2D eigenvalue weighted by Gasteiger charge is 2.79. The monoisotopic (exact) mass is 1320 g/mol. The van der Waals surface area contributed by atoms with Crippen molar-refractivity contribution in [3.05, 3.63) is 148 Å². The predicted molar refractivity (Wildman–Crippen MR) is 336 cm³/mol. The Kier molecular flexibility index (Phi) is 19.0. The average Bonchev–Trinajstić information content (AvgIpc) is 0.731. The molecule has 0 unspecified atom stereocenters. The quantitative estimate of drug-likeness (QED) is 0.0342. The molecule has 1 amide bonds. The normalized spacial score (nSPS) is 31.9. The van der Waals surface area contributed by atoms with E-state index in [1.165, 1.54) is 64.1 Å². The lowest BCUT2D eigenvalue weighted by molar-refractivity contribution is -0.346. The molecule has 5 N–H and O–H groups in total. The maximum Gasteiger partial charge on any atom is 0.350 e. The highest BCUT2D eigenvalue weighted by molar-refractivity contribution is 5.97. The standard InChI is InChI=1S/C73H81NO22/c1-38-49(92-68(87)62(94-57(83)30-29-54(79)80)60(41-17-11-8-12-18-41)74-66(85)42-19-13-9-14-20-42)36-73(88)65(95-67(86)43-21-15-10-16-22-43)63-71(7,64(84)61(90-39(2)75)59(38)69(73,4)5)52(34-53-72(63,37-89-53)96-40(3)76)93-56(82)32-31-55(81)91-50-35-70(6)48(27-28-51(70)78)47-25-23-44-33-45(77)24-26-46(44)58(47)50/h8-22,24,26,33,47-53,58,60-63,65,77-78,88H,23,25,27-32,34-37H2,1-7H3,(H,74,85)(H,79,80)/t47-,48-,49-,50+,51-,52-,53+,58+,60-,61+,62+,63-,65-,70-,71+,72-,73+/m0/s1. The van der Waals surface area contributed by atoms with Crippen LogP contribution in [0.3, 0.4) is 0 Å². The summed E-state index contributed by atoms with van der Waals surface area (Å²) in [6.45, 7) is 9.44. The zero-order chi connectivity index (χ0) is 69.0. The first kappa shape index (κ1) is 68.6. The second-order valence-electron chi connectivity index (χ2n) is 27.7. The van der Waals surface area contributed by atoms with Gasteiger partial charge in [0, 0.05) is 49.0 Å². The SMILES string of the molecule is CC(=O)O[C@H]1C(=O)[C@]2(C)[C@@H](OC(=O)CCC(=O)O[C@@H]3C[C@]4(C)[C@@H](O)CC[C@H]4[C@@H]4CCc5cc(O)ccc5[C@H]43)C[C@H]3OC[C@@]3(OC(C)=O)[C@H]2[C@H](OC(=O)c2ccccc2)[C@]2(O)C[C@H](OC(=O)[C@H](OC(=O)CCC(=O)O)[C@@H](NC(=O)c3ccccc3)c3ccccc3)C(C)=C1C2(C)C. The van der Waals surface area contributed by atoms with Crippen LogP contribution in [-0.2, 0) is 82.7 Å². The second-order valence-corrected chi connectivity index (χ2v) is 27.7. The van der Waals surface area contributed by atoms with Crippen LogP contribution in [0, 0.1) is 34.0 Å². The van der Waals surface area contributed by atoms with Crippen molar-refractivity contribution in [3.8, 4) is 5.75 Å². The van der Waals surface area contributed by atoms with Crippen molar-refractivity contribution in [1.29, 1.82) is 0 Å². The molecule has 23 heteroatoms. The first-order chi connectivity index (χ1) is 45.5. The number of aliphatic hydroxyl groups is 2. The number of carboxylic acids is 1. The van der Waals surface area contributed by atoms with Gasteiger partial charge in [-0.15, -0.1) is 0 Å². The van der Waals surface area contributed by atoms with Gasteiger partial charge in [0.1, 0.15) is 47.9 Å². The Morgan fingerprint density at radius 3 is 1.98 bits per heavy atom. The number of Topliss-reactive ketones (excluding diaryl/α,β-unsaturated/α-hetero) is 1. The van der Waals surface area contributed by atoms with Crippen molar-refractivity contribution in [3.63, 3.8) is 0 Å². The number of rotatable bonds is 19. The summed E-state index contributed by atoms with van der Waals surface area (Å²) < 4.78 is 50.3. The van der Waals surface area contributed by atoms with Gasteiger partial charge in [-0.3, -0.25) is 38.4 Å². The summed E-state index contributed by atoms with van der Waals surface area (Å²) in [4.78, 5) is 143. The van der Waals surface area contributed by atoms with E-state index in [4.69, 9.17) is 37.9 Å². The van der Waals surface area contributed by atoms with Crippen molar-refractivity contribution in [2.24, 2.45) is 34.0 Å².